The summed E-state index contributed by atoms with van der Waals surface area (Å²) < 4.78 is 5.32. The highest BCUT2D eigenvalue weighted by Gasteiger charge is 2.22. The molecule has 0 saturated heterocycles. The number of aliphatic hydroxyl groups is 2. The van der Waals surface area contributed by atoms with Crippen molar-refractivity contribution in [3.05, 3.63) is 29.3 Å². The number of benzene rings is 1. The topological polar surface area (TPSA) is 49.7 Å². The van der Waals surface area contributed by atoms with Gasteiger partial charge in [0.05, 0.1) is 13.2 Å². The van der Waals surface area contributed by atoms with Gasteiger partial charge in [-0.15, -0.1) is 0 Å². The molecule has 0 amide bonds. The van der Waals surface area contributed by atoms with Crippen molar-refractivity contribution in [1.82, 2.24) is 0 Å². The zero-order valence-corrected chi connectivity index (χ0v) is 11.2. The van der Waals surface area contributed by atoms with Crippen LogP contribution in [0.25, 0.3) is 0 Å². The molecule has 0 fully saturated rings. The number of hydrogen-bond acceptors (Lipinski definition) is 3. The van der Waals surface area contributed by atoms with Gasteiger partial charge < -0.3 is 14.9 Å². The third-order valence-electron chi connectivity index (χ3n) is 2.83. The van der Waals surface area contributed by atoms with Crippen LogP contribution in [0.2, 0.25) is 0 Å². The fourth-order valence-electron chi connectivity index (χ4n) is 1.77. The minimum absolute atomic E-state index is 0.0697. The highest BCUT2D eigenvalue weighted by Crippen LogP contribution is 2.33. The number of methoxy groups -OCH3 is 1. The van der Waals surface area contributed by atoms with Crippen LogP contribution in [0.4, 0.5) is 0 Å². The van der Waals surface area contributed by atoms with Crippen LogP contribution >= 0.6 is 0 Å². The van der Waals surface area contributed by atoms with Gasteiger partial charge in [0.2, 0.25) is 0 Å². The van der Waals surface area contributed by atoms with Crippen LogP contribution in [0.3, 0.4) is 0 Å². The van der Waals surface area contributed by atoms with E-state index >= 15 is 0 Å². The molecule has 0 aliphatic rings. The minimum Gasteiger partial charge on any atom is -0.496 e. The van der Waals surface area contributed by atoms with E-state index in [1.54, 1.807) is 20.1 Å². The van der Waals surface area contributed by atoms with Crippen molar-refractivity contribution in [2.45, 2.75) is 45.3 Å². The van der Waals surface area contributed by atoms with Gasteiger partial charge in [-0.1, -0.05) is 26.8 Å². The highest BCUT2D eigenvalue weighted by molar-refractivity contribution is 5.42. The van der Waals surface area contributed by atoms with Crippen molar-refractivity contribution in [2.75, 3.05) is 7.11 Å². The molecule has 1 aromatic carbocycles. The molecular formula is C14H22O3. The van der Waals surface area contributed by atoms with Crippen molar-refractivity contribution in [2.24, 2.45) is 0 Å². The quantitative estimate of drug-likeness (QED) is 0.850. The molecular weight excluding hydrogens is 216 g/mol. The Kier molecular flexibility index (Phi) is 4.17. The maximum Gasteiger partial charge on any atom is 0.122 e. The molecule has 17 heavy (non-hydrogen) atoms. The van der Waals surface area contributed by atoms with E-state index in [0.717, 1.165) is 11.3 Å². The second kappa shape index (κ2) is 5.07. The zero-order chi connectivity index (χ0) is 13.2. The number of aliphatic hydroxyl groups excluding tert-OH is 2. The Labute approximate surface area is 103 Å². The fourth-order valence-corrected chi connectivity index (χ4v) is 1.77. The molecule has 96 valence electrons. The number of rotatable bonds is 3. The average Bonchev–Trinajstić information content (AvgIpc) is 2.25. The Morgan fingerprint density at radius 1 is 1.18 bits per heavy atom. The lowest BCUT2D eigenvalue weighted by Gasteiger charge is -2.24. The standard InChI is InChI=1S/C14H22O3/c1-9(15)13(16)10-6-7-12(17-5)11(8-10)14(2,3)4/h6-9,13,15-16H,1-5H3. The SMILES string of the molecule is COc1ccc(C(O)C(C)O)cc1C(C)(C)C. The van der Waals surface area contributed by atoms with Crippen molar-refractivity contribution in [1.29, 1.82) is 0 Å². The molecule has 0 bridgehead atoms. The molecule has 0 spiro atoms. The fraction of sp³-hybridized carbons (Fsp3) is 0.571. The summed E-state index contributed by atoms with van der Waals surface area (Å²) in [6.07, 6.45) is -1.64. The molecule has 0 aliphatic heterocycles. The summed E-state index contributed by atoms with van der Waals surface area (Å²) >= 11 is 0. The first-order valence-electron chi connectivity index (χ1n) is 5.82. The van der Waals surface area contributed by atoms with E-state index in [1.807, 2.05) is 12.1 Å². The molecule has 2 unspecified atom stereocenters. The Bertz CT molecular complexity index is 378. The normalized spacial score (nSPS) is 15.5. The first-order chi connectivity index (χ1) is 7.77. The van der Waals surface area contributed by atoms with Gasteiger partial charge in [0.25, 0.3) is 0 Å². The van der Waals surface area contributed by atoms with Gasteiger partial charge in [-0.3, -0.25) is 0 Å². The monoisotopic (exact) mass is 238 g/mol. The van der Waals surface area contributed by atoms with Crippen LogP contribution in [0.1, 0.15) is 44.9 Å². The first kappa shape index (κ1) is 14.0. The van der Waals surface area contributed by atoms with Crippen LogP contribution in [0, 0.1) is 0 Å². The van der Waals surface area contributed by atoms with E-state index < -0.39 is 12.2 Å². The summed E-state index contributed by atoms with van der Waals surface area (Å²) in [5.74, 6) is 0.805. The maximum absolute atomic E-state index is 9.86. The van der Waals surface area contributed by atoms with Gasteiger partial charge >= 0.3 is 0 Å². The maximum atomic E-state index is 9.86. The molecule has 1 aromatic rings. The number of ether oxygens (including phenoxy) is 1. The molecule has 3 nitrogen and oxygen atoms in total. The molecule has 2 atom stereocenters. The van der Waals surface area contributed by atoms with Crippen molar-refractivity contribution in [3.63, 3.8) is 0 Å². The molecule has 0 saturated carbocycles. The summed E-state index contributed by atoms with van der Waals surface area (Å²) in [5, 5.41) is 19.3. The summed E-state index contributed by atoms with van der Waals surface area (Å²) in [7, 11) is 1.63. The average molecular weight is 238 g/mol. The molecule has 1 rings (SSSR count). The lowest BCUT2D eigenvalue weighted by atomic mass is 9.84. The third-order valence-corrected chi connectivity index (χ3v) is 2.83. The molecule has 2 N–H and O–H groups in total. The number of hydrogen-bond donors (Lipinski definition) is 2. The van der Waals surface area contributed by atoms with E-state index in [2.05, 4.69) is 20.8 Å². The van der Waals surface area contributed by atoms with Crippen molar-refractivity contribution < 1.29 is 14.9 Å². The second-order valence-electron chi connectivity index (χ2n) is 5.40. The smallest absolute Gasteiger partial charge is 0.122 e. The van der Waals surface area contributed by atoms with E-state index in [9.17, 15) is 10.2 Å². The Morgan fingerprint density at radius 2 is 1.76 bits per heavy atom. The summed E-state index contributed by atoms with van der Waals surface area (Å²) in [6, 6.07) is 5.52. The second-order valence-corrected chi connectivity index (χ2v) is 5.40. The third kappa shape index (κ3) is 3.20. The van der Waals surface area contributed by atoms with Crippen LogP contribution in [-0.4, -0.2) is 23.4 Å². The molecule has 0 aromatic heterocycles. The Morgan fingerprint density at radius 3 is 2.18 bits per heavy atom. The summed E-state index contributed by atoms with van der Waals surface area (Å²) in [6.45, 7) is 7.84. The van der Waals surface area contributed by atoms with E-state index in [1.165, 1.54) is 0 Å². The van der Waals surface area contributed by atoms with E-state index in [4.69, 9.17) is 4.74 Å². The molecule has 0 radical (unpaired) electrons. The largest absolute Gasteiger partial charge is 0.496 e. The van der Waals surface area contributed by atoms with Crippen molar-refractivity contribution >= 4 is 0 Å². The molecule has 0 heterocycles. The molecule has 0 aliphatic carbocycles. The minimum atomic E-state index is -0.859. The van der Waals surface area contributed by atoms with Gasteiger partial charge in [0, 0.05) is 0 Å². The van der Waals surface area contributed by atoms with Gasteiger partial charge in [-0.05, 0) is 35.6 Å². The van der Waals surface area contributed by atoms with Crippen LogP contribution in [-0.2, 0) is 5.41 Å². The predicted molar refractivity (Wildman–Crippen MR) is 68.3 cm³/mol. The van der Waals surface area contributed by atoms with Crippen LogP contribution < -0.4 is 4.74 Å². The molecule has 3 heteroatoms. The summed E-state index contributed by atoms with van der Waals surface area (Å²) in [4.78, 5) is 0. The Balaban J connectivity index is 3.23. The van der Waals surface area contributed by atoms with Gasteiger partial charge in [-0.2, -0.15) is 0 Å². The zero-order valence-electron chi connectivity index (χ0n) is 11.2. The highest BCUT2D eigenvalue weighted by atomic mass is 16.5. The van der Waals surface area contributed by atoms with Gasteiger partial charge in [0.15, 0.2) is 0 Å². The van der Waals surface area contributed by atoms with Gasteiger partial charge in [0.1, 0.15) is 11.9 Å². The van der Waals surface area contributed by atoms with E-state index in [0.29, 0.717) is 5.56 Å². The van der Waals surface area contributed by atoms with Crippen LogP contribution in [0.5, 0.6) is 5.75 Å². The van der Waals surface area contributed by atoms with Crippen LogP contribution in [0.15, 0.2) is 18.2 Å². The summed E-state index contributed by atoms with van der Waals surface area (Å²) in [5.41, 5.74) is 1.67. The lowest BCUT2D eigenvalue weighted by Crippen LogP contribution is -2.17. The van der Waals surface area contributed by atoms with Gasteiger partial charge in [-0.25, -0.2) is 0 Å². The predicted octanol–water partition coefficient (Wildman–Crippen LogP) is 2.41. The Hall–Kier alpha value is -1.06. The lowest BCUT2D eigenvalue weighted by molar-refractivity contribution is 0.0304. The van der Waals surface area contributed by atoms with Crippen molar-refractivity contribution in [3.8, 4) is 5.75 Å². The van der Waals surface area contributed by atoms with E-state index in [-0.39, 0.29) is 5.41 Å². The first-order valence-corrected chi connectivity index (χ1v) is 5.82.